The van der Waals surface area contributed by atoms with Crippen LogP contribution in [0, 0.1) is 0 Å². The molecular weight excluding hydrogens is 304 g/mol. The molecule has 0 heterocycles. The SMILES string of the molecule is CCN(CCCO)c1ccc(CNC2CC2)cc1Br. The Morgan fingerprint density at radius 1 is 1.42 bits per heavy atom. The predicted molar refractivity (Wildman–Crippen MR) is 83.6 cm³/mol. The Morgan fingerprint density at radius 2 is 2.21 bits per heavy atom. The molecular formula is C15H23BrN2O. The van der Waals surface area contributed by atoms with Crippen molar-refractivity contribution in [3.05, 3.63) is 28.2 Å². The van der Waals surface area contributed by atoms with Crippen LogP contribution in [-0.2, 0) is 6.54 Å². The maximum atomic E-state index is 8.95. The van der Waals surface area contributed by atoms with E-state index in [0.717, 1.165) is 36.6 Å². The summed E-state index contributed by atoms with van der Waals surface area (Å²) in [7, 11) is 0. The van der Waals surface area contributed by atoms with Gasteiger partial charge in [-0.05, 0) is 59.8 Å². The third kappa shape index (κ3) is 4.48. The van der Waals surface area contributed by atoms with E-state index in [4.69, 9.17) is 5.11 Å². The Morgan fingerprint density at radius 3 is 2.79 bits per heavy atom. The van der Waals surface area contributed by atoms with Crippen molar-refractivity contribution in [2.75, 3.05) is 24.6 Å². The molecule has 1 aliphatic carbocycles. The Labute approximate surface area is 124 Å². The van der Waals surface area contributed by atoms with E-state index in [2.05, 4.69) is 51.3 Å². The van der Waals surface area contributed by atoms with E-state index in [-0.39, 0.29) is 6.61 Å². The molecule has 0 unspecified atom stereocenters. The van der Waals surface area contributed by atoms with Crippen LogP contribution in [-0.4, -0.2) is 30.8 Å². The molecule has 0 radical (unpaired) electrons. The molecule has 0 aliphatic heterocycles. The Bertz CT molecular complexity index is 407. The molecule has 0 aromatic heterocycles. The minimum Gasteiger partial charge on any atom is -0.396 e. The Hall–Kier alpha value is -0.580. The molecule has 3 nitrogen and oxygen atoms in total. The van der Waals surface area contributed by atoms with Gasteiger partial charge in [0.05, 0.1) is 5.69 Å². The van der Waals surface area contributed by atoms with Crippen molar-refractivity contribution < 1.29 is 5.11 Å². The quantitative estimate of drug-likeness (QED) is 0.771. The van der Waals surface area contributed by atoms with Gasteiger partial charge in [-0.15, -0.1) is 0 Å². The first-order valence-electron chi connectivity index (χ1n) is 7.12. The summed E-state index contributed by atoms with van der Waals surface area (Å²) in [5.41, 5.74) is 2.53. The van der Waals surface area contributed by atoms with Gasteiger partial charge in [0.2, 0.25) is 0 Å². The summed E-state index contributed by atoms with van der Waals surface area (Å²) < 4.78 is 1.14. The van der Waals surface area contributed by atoms with Gasteiger partial charge in [0.15, 0.2) is 0 Å². The van der Waals surface area contributed by atoms with Gasteiger partial charge in [0.1, 0.15) is 0 Å². The highest BCUT2D eigenvalue weighted by atomic mass is 79.9. The standard InChI is InChI=1S/C15H23BrN2O/c1-2-18(8-3-9-19)15-7-4-12(10-14(15)16)11-17-13-5-6-13/h4,7,10,13,17,19H,2-3,5-6,8-9,11H2,1H3. The first-order chi connectivity index (χ1) is 9.24. The number of aliphatic hydroxyl groups excluding tert-OH is 1. The third-order valence-corrected chi connectivity index (χ3v) is 4.13. The van der Waals surface area contributed by atoms with Crippen molar-refractivity contribution in [3.63, 3.8) is 0 Å². The highest BCUT2D eigenvalue weighted by Gasteiger charge is 2.20. The number of aliphatic hydroxyl groups is 1. The Balaban J connectivity index is 1.99. The van der Waals surface area contributed by atoms with Crippen LogP contribution < -0.4 is 10.2 Å². The molecule has 1 saturated carbocycles. The molecule has 0 bridgehead atoms. The van der Waals surface area contributed by atoms with Gasteiger partial charge in [-0.1, -0.05) is 6.07 Å². The number of benzene rings is 1. The van der Waals surface area contributed by atoms with Crippen molar-refractivity contribution in [2.45, 2.75) is 38.8 Å². The number of rotatable bonds is 8. The predicted octanol–water partition coefficient (Wildman–Crippen LogP) is 2.91. The van der Waals surface area contributed by atoms with Gasteiger partial charge in [-0.3, -0.25) is 0 Å². The third-order valence-electron chi connectivity index (χ3n) is 3.49. The van der Waals surface area contributed by atoms with E-state index in [0.29, 0.717) is 0 Å². The molecule has 1 aromatic carbocycles. The molecule has 2 N–H and O–H groups in total. The second-order valence-electron chi connectivity index (χ2n) is 5.10. The second kappa shape index (κ2) is 7.27. The number of hydrogen-bond acceptors (Lipinski definition) is 3. The van der Waals surface area contributed by atoms with E-state index in [9.17, 15) is 0 Å². The van der Waals surface area contributed by atoms with Crippen molar-refractivity contribution in [3.8, 4) is 0 Å². The fourth-order valence-corrected chi connectivity index (χ4v) is 2.85. The summed E-state index contributed by atoms with van der Waals surface area (Å²) >= 11 is 3.67. The fraction of sp³-hybridized carbons (Fsp3) is 0.600. The number of hydrogen-bond donors (Lipinski definition) is 2. The molecule has 4 heteroatoms. The van der Waals surface area contributed by atoms with Gasteiger partial charge in [-0.25, -0.2) is 0 Å². The zero-order chi connectivity index (χ0) is 13.7. The lowest BCUT2D eigenvalue weighted by molar-refractivity contribution is 0.289. The molecule has 1 aromatic rings. The highest BCUT2D eigenvalue weighted by Crippen LogP contribution is 2.28. The number of anilines is 1. The van der Waals surface area contributed by atoms with Gasteiger partial charge in [0.25, 0.3) is 0 Å². The summed E-state index contributed by atoms with van der Waals surface area (Å²) in [5, 5.41) is 12.5. The smallest absolute Gasteiger partial charge is 0.0510 e. The topological polar surface area (TPSA) is 35.5 Å². The molecule has 106 valence electrons. The number of halogens is 1. The molecule has 0 saturated heterocycles. The van der Waals surface area contributed by atoms with Gasteiger partial charge < -0.3 is 15.3 Å². The highest BCUT2D eigenvalue weighted by molar-refractivity contribution is 9.10. The summed E-state index contributed by atoms with van der Waals surface area (Å²) in [6, 6.07) is 7.31. The van der Waals surface area contributed by atoms with E-state index >= 15 is 0 Å². The first kappa shape index (κ1) is 14.8. The van der Waals surface area contributed by atoms with Crippen molar-refractivity contribution in [1.82, 2.24) is 5.32 Å². The summed E-state index contributed by atoms with van der Waals surface area (Å²) in [4.78, 5) is 2.29. The van der Waals surface area contributed by atoms with Crippen LogP contribution in [0.5, 0.6) is 0 Å². The number of nitrogens with zero attached hydrogens (tertiary/aromatic N) is 1. The van der Waals surface area contributed by atoms with Crippen LogP contribution in [0.4, 0.5) is 5.69 Å². The van der Waals surface area contributed by atoms with Gasteiger partial charge in [0, 0.05) is 36.8 Å². The van der Waals surface area contributed by atoms with E-state index in [1.54, 1.807) is 0 Å². The lowest BCUT2D eigenvalue weighted by Gasteiger charge is -2.24. The zero-order valence-electron chi connectivity index (χ0n) is 11.5. The maximum absolute atomic E-state index is 8.95. The van der Waals surface area contributed by atoms with E-state index in [1.807, 2.05) is 0 Å². The minimum atomic E-state index is 0.248. The Kier molecular flexibility index (Phi) is 5.67. The van der Waals surface area contributed by atoms with Crippen LogP contribution in [0.2, 0.25) is 0 Å². The monoisotopic (exact) mass is 326 g/mol. The molecule has 0 atom stereocenters. The average molecular weight is 327 g/mol. The molecule has 1 fully saturated rings. The van der Waals surface area contributed by atoms with Crippen molar-refractivity contribution in [1.29, 1.82) is 0 Å². The molecule has 0 amide bonds. The first-order valence-corrected chi connectivity index (χ1v) is 7.91. The average Bonchev–Trinajstić information content (AvgIpc) is 3.23. The van der Waals surface area contributed by atoms with E-state index < -0.39 is 0 Å². The maximum Gasteiger partial charge on any atom is 0.0510 e. The lowest BCUT2D eigenvalue weighted by Crippen LogP contribution is -2.25. The fourth-order valence-electron chi connectivity index (χ4n) is 2.18. The summed E-state index contributed by atoms with van der Waals surface area (Å²) in [6.07, 6.45) is 3.46. The van der Waals surface area contributed by atoms with Crippen LogP contribution in [0.25, 0.3) is 0 Å². The molecule has 19 heavy (non-hydrogen) atoms. The lowest BCUT2D eigenvalue weighted by atomic mass is 10.2. The van der Waals surface area contributed by atoms with E-state index in [1.165, 1.54) is 24.1 Å². The molecule has 0 spiro atoms. The molecule has 2 rings (SSSR count). The largest absolute Gasteiger partial charge is 0.396 e. The van der Waals surface area contributed by atoms with Crippen LogP contribution in [0.1, 0.15) is 31.7 Å². The van der Waals surface area contributed by atoms with Crippen molar-refractivity contribution >= 4 is 21.6 Å². The minimum absolute atomic E-state index is 0.248. The van der Waals surface area contributed by atoms with Crippen LogP contribution >= 0.6 is 15.9 Å². The van der Waals surface area contributed by atoms with Gasteiger partial charge in [-0.2, -0.15) is 0 Å². The van der Waals surface area contributed by atoms with Crippen LogP contribution in [0.3, 0.4) is 0 Å². The summed E-state index contributed by atoms with van der Waals surface area (Å²) in [6.45, 7) is 5.19. The van der Waals surface area contributed by atoms with Gasteiger partial charge >= 0.3 is 0 Å². The normalized spacial score (nSPS) is 14.7. The summed E-state index contributed by atoms with van der Waals surface area (Å²) in [5.74, 6) is 0. The second-order valence-corrected chi connectivity index (χ2v) is 5.95. The molecule has 1 aliphatic rings. The number of nitrogens with one attached hydrogen (secondary N) is 1. The van der Waals surface area contributed by atoms with Crippen LogP contribution in [0.15, 0.2) is 22.7 Å². The van der Waals surface area contributed by atoms with Crippen molar-refractivity contribution in [2.24, 2.45) is 0 Å². The zero-order valence-corrected chi connectivity index (χ0v) is 13.1.